The number of hydrogen-bond acceptors (Lipinski definition) is 3. The summed E-state index contributed by atoms with van der Waals surface area (Å²) in [6.45, 7) is 1.21. The number of nitrogens with two attached hydrogens (primary N) is 1. The van der Waals surface area contributed by atoms with Crippen LogP contribution in [0.15, 0.2) is 18.3 Å². The Balaban J connectivity index is 2.46. The van der Waals surface area contributed by atoms with E-state index in [2.05, 4.69) is 4.98 Å². The van der Waals surface area contributed by atoms with Gasteiger partial charge in [0.1, 0.15) is 0 Å². The van der Waals surface area contributed by atoms with E-state index in [1.54, 1.807) is 18.3 Å². The zero-order valence-electron chi connectivity index (χ0n) is 6.66. The average molecular weight is 187 g/mol. The zero-order valence-corrected chi connectivity index (χ0v) is 7.42. The van der Waals surface area contributed by atoms with Gasteiger partial charge in [0.25, 0.3) is 0 Å². The summed E-state index contributed by atoms with van der Waals surface area (Å²) in [6.07, 6.45) is 2.45. The van der Waals surface area contributed by atoms with E-state index in [1.807, 2.05) is 0 Å². The SMILES string of the molecule is NCCCOc1cccnc1Cl. The van der Waals surface area contributed by atoms with Gasteiger partial charge < -0.3 is 10.5 Å². The molecule has 0 atom stereocenters. The van der Waals surface area contributed by atoms with Crippen molar-refractivity contribution in [1.29, 1.82) is 0 Å². The van der Waals surface area contributed by atoms with Crippen LogP contribution in [0.5, 0.6) is 5.75 Å². The molecule has 0 aliphatic heterocycles. The molecule has 0 aromatic carbocycles. The number of hydrogen-bond donors (Lipinski definition) is 1. The normalized spacial score (nSPS) is 9.83. The lowest BCUT2D eigenvalue weighted by atomic mass is 10.4. The van der Waals surface area contributed by atoms with Gasteiger partial charge in [0.15, 0.2) is 10.9 Å². The van der Waals surface area contributed by atoms with Gasteiger partial charge in [0, 0.05) is 6.20 Å². The lowest BCUT2D eigenvalue weighted by molar-refractivity contribution is 0.312. The van der Waals surface area contributed by atoms with Gasteiger partial charge in [-0.15, -0.1) is 0 Å². The van der Waals surface area contributed by atoms with Gasteiger partial charge in [-0.05, 0) is 25.1 Å². The molecule has 0 saturated heterocycles. The highest BCUT2D eigenvalue weighted by molar-refractivity contribution is 6.30. The third-order valence-corrected chi connectivity index (χ3v) is 1.61. The summed E-state index contributed by atoms with van der Waals surface area (Å²) in [5, 5.41) is 0.398. The van der Waals surface area contributed by atoms with Crippen molar-refractivity contribution in [2.24, 2.45) is 5.73 Å². The molecule has 4 heteroatoms. The molecule has 0 aliphatic rings. The summed E-state index contributed by atoms with van der Waals surface area (Å²) < 4.78 is 5.30. The first-order valence-corrected chi connectivity index (χ1v) is 4.16. The lowest BCUT2D eigenvalue weighted by Crippen LogP contribution is -2.06. The van der Waals surface area contributed by atoms with Gasteiger partial charge in [-0.2, -0.15) is 0 Å². The molecule has 0 unspecified atom stereocenters. The van der Waals surface area contributed by atoms with Crippen LogP contribution in [0.3, 0.4) is 0 Å². The van der Waals surface area contributed by atoms with Gasteiger partial charge in [-0.1, -0.05) is 11.6 Å². The van der Waals surface area contributed by atoms with Crippen LogP contribution < -0.4 is 10.5 Å². The van der Waals surface area contributed by atoms with Crippen molar-refractivity contribution in [3.05, 3.63) is 23.5 Å². The average Bonchev–Trinajstić information content (AvgIpc) is 2.09. The number of halogens is 1. The fourth-order valence-electron chi connectivity index (χ4n) is 0.744. The molecule has 12 heavy (non-hydrogen) atoms. The van der Waals surface area contributed by atoms with Crippen molar-refractivity contribution >= 4 is 11.6 Å². The number of pyridine rings is 1. The highest BCUT2D eigenvalue weighted by Gasteiger charge is 1.99. The van der Waals surface area contributed by atoms with Crippen LogP contribution >= 0.6 is 11.6 Å². The first-order chi connectivity index (χ1) is 5.84. The quantitative estimate of drug-likeness (QED) is 0.572. The molecule has 0 bridgehead atoms. The van der Waals surface area contributed by atoms with E-state index in [4.69, 9.17) is 22.1 Å². The van der Waals surface area contributed by atoms with Crippen LogP contribution in [0.25, 0.3) is 0 Å². The molecule has 0 saturated carbocycles. The minimum atomic E-state index is 0.398. The summed E-state index contributed by atoms with van der Waals surface area (Å²) in [7, 11) is 0. The van der Waals surface area contributed by atoms with Crippen LogP contribution in [0.1, 0.15) is 6.42 Å². The third kappa shape index (κ3) is 2.68. The predicted molar refractivity (Wildman–Crippen MR) is 48.4 cm³/mol. The maximum absolute atomic E-state index is 5.74. The van der Waals surface area contributed by atoms with Crippen molar-refractivity contribution in [2.45, 2.75) is 6.42 Å². The molecule has 1 heterocycles. The van der Waals surface area contributed by atoms with Crippen LogP contribution in [0.4, 0.5) is 0 Å². The van der Waals surface area contributed by atoms with Crippen molar-refractivity contribution < 1.29 is 4.74 Å². The highest BCUT2D eigenvalue weighted by Crippen LogP contribution is 2.19. The summed E-state index contributed by atoms with van der Waals surface area (Å²) in [6, 6.07) is 3.56. The zero-order chi connectivity index (χ0) is 8.81. The number of ether oxygens (including phenoxy) is 1. The van der Waals surface area contributed by atoms with E-state index in [1.165, 1.54) is 0 Å². The second-order valence-electron chi connectivity index (χ2n) is 2.28. The fraction of sp³-hybridized carbons (Fsp3) is 0.375. The largest absolute Gasteiger partial charge is 0.490 e. The Morgan fingerprint density at radius 3 is 3.08 bits per heavy atom. The van der Waals surface area contributed by atoms with Gasteiger partial charge in [0.05, 0.1) is 6.61 Å². The highest BCUT2D eigenvalue weighted by atomic mass is 35.5. The van der Waals surface area contributed by atoms with E-state index in [0.717, 1.165) is 6.42 Å². The molecule has 2 N–H and O–H groups in total. The molecule has 1 rings (SSSR count). The van der Waals surface area contributed by atoms with Crippen molar-refractivity contribution in [3.8, 4) is 5.75 Å². The Morgan fingerprint density at radius 1 is 1.58 bits per heavy atom. The number of rotatable bonds is 4. The Labute approximate surface area is 76.5 Å². The summed E-state index contributed by atoms with van der Waals surface area (Å²) in [5.74, 6) is 0.618. The Bertz CT molecular complexity index is 242. The number of nitrogens with zero attached hydrogens (tertiary/aromatic N) is 1. The predicted octanol–water partition coefficient (Wildman–Crippen LogP) is 1.46. The van der Waals surface area contributed by atoms with Crippen LogP contribution in [0, 0.1) is 0 Å². The standard InChI is InChI=1S/C8H11ClN2O/c9-8-7(3-1-5-11-8)12-6-2-4-10/h1,3,5H,2,4,6,10H2. The third-order valence-electron chi connectivity index (χ3n) is 1.33. The van der Waals surface area contributed by atoms with E-state index in [0.29, 0.717) is 24.1 Å². The monoisotopic (exact) mass is 186 g/mol. The minimum absolute atomic E-state index is 0.398. The summed E-state index contributed by atoms with van der Waals surface area (Å²) in [4.78, 5) is 3.87. The van der Waals surface area contributed by atoms with Gasteiger partial charge in [-0.3, -0.25) is 0 Å². The maximum Gasteiger partial charge on any atom is 0.171 e. The van der Waals surface area contributed by atoms with E-state index in [-0.39, 0.29) is 0 Å². The molecule has 0 amide bonds. The maximum atomic E-state index is 5.74. The van der Waals surface area contributed by atoms with E-state index < -0.39 is 0 Å². The summed E-state index contributed by atoms with van der Waals surface area (Å²) >= 11 is 5.74. The molecule has 0 radical (unpaired) electrons. The van der Waals surface area contributed by atoms with Gasteiger partial charge in [0.2, 0.25) is 0 Å². The molecule has 1 aromatic rings. The van der Waals surface area contributed by atoms with Crippen LogP contribution in [-0.4, -0.2) is 18.1 Å². The molecular weight excluding hydrogens is 176 g/mol. The summed E-state index contributed by atoms with van der Waals surface area (Å²) in [5.41, 5.74) is 5.30. The molecular formula is C8H11ClN2O. The molecule has 66 valence electrons. The van der Waals surface area contributed by atoms with Gasteiger partial charge in [-0.25, -0.2) is 4.98 Å². The second kappa shape index (κ2) is 4.95. The van der Waals surface area contributed by atoms with Crippen LogP contribution in [-0.2, 0) is 0 Å². The smallest absolute Gasteiger partial charge is 0.171 e. The molecule has 1 aromatic heterocycles. The van der Waals surface area contributed by atoms with E-state index >= 15 is 0 Å². The molecule has 3 nitrogen and oxygen atoms in total. The van der Waals surface area contributed by atoms with Crippen molar-refractivity contribution in [1.82, 2.24) is 4.98 Å². The topological polar surface area (TPSA) is 48.1 Å². The fourth-order valence-corrected chi connectivity index (χ4v) is 0.918. The second-order valence-corrected chi connectivity index (χ2v) is 2.64. The molecule has 0 aliphatic carbocycles. The Kier molecular flexibility index (Phi) is 3.84. The van der Waals surface area contributed by atoms with E-state index in [9.17, 15) is 0 Å². The first kappa shape index (κ1) is 9.29. The first-order valence-electron chi connectivity index (χ1n) is 3.78. The Hall–Kier alpha value is -0.800. The number of aromatic nitrogens is 1. The minimum Gasteiger partial charge on any atom is -0.490 e. The Morgan fingerprint density at radius 2 is 2.42 bits per heavy atom. The van der Waals surface area contributed by atoms with Crippen molar-refractivity contribution in [2.75, 3.05) is 13.2 Å². The molecule has 0 fully saturated rings. The van der Waals surface area contributed by atoms with Crippen LogP contribution in [0.2, 0.25) is 5.15 Å². The molecule has 0 spiro atoms. The van der Waals surface area contributed by atoms with Crippen molar-refractivity contribution in [3.63, 3.8) is 0 Å². The lowest BCUT2D eigenvalue weighted by Gasteiger charge is -2.04. The van der Waals surface area contributed by atoms with Gasteiger partial charge >= 0.3 is 0 Å².